The molecule has 2 rings (SSSR count). The van der Waals surface area contributed by atoms with Crippen LogP contribution >= 0.6 is 0 Å². The number of amides is 1. The van der Waals surface area contributed by atoms with E-state index in [0.29, 0.717) is 5.56 Å². The maximum absolute atomic E-state index is 12.0. The van der Waals surface area contributed by atoms with E-state index in [1.54, 1.807) is 0 Å². The maximum Gasteiger partial charge on any atom is 0.301 e. The lowest BCUT2D eigenvalue weighted by molar-refractivity contribution is -0.121. The Morgan fingerprint density at radius 1 is 0.943 bits per heavy atom. The maximum atomic E-state index is 12.0. The predicted octanol–water partition coefficient (Wildman–Crippen LogP) is 1.12. The van der Waals surface area contributed by atoms with Gasteiger partial charge in [-0.25, -0.2) is 0 Å². The molecule has 35 heavy (non-hydrogen) atoms. The van der Waals surface area contributed by atoms with Crippen molar-refractivity contribution >= 4 is 59.9 Å². The van der Waals surface area contributed by atoms with Crippen LogP contribution in [0.2, 0.25) is 0 Å². The van der Waals surface area contributed by atoms with E-state index < -0.39 is 46.7 Å². The molecule has 0 aliphatic heterocycles. The van der Waals surface area contributed by atoms with Crippen molar-refractivity contribution in [2.24, 2.45) is 0 Å². The Kier molecular flexibility index (Phi) is 8.77. The first-order valence-corrected chi connectivity index (χ1v) is 13.8. The average Bonchev–Trinajstić information content (AvgIpc) is 2.72. The van der Waals surface area contributed by atoms with Gasteiger partial charge in [-0.05, 0) is 35.4 Å². The molecule has 0 aliphatic rings. The van der Waals surface area contributed by atoms with Crippen LogP contribution in [-0.4, -0.2) is 71.2 Å². The van der Waals surface area contributed by atoms with Gasteiger partial charge in [0, 0.05) is 26.9 Å². The van der Waals surface area contributed by atoms with Crippen molar-refractivity contribution in [2.45, 2.75) is 10.3 Å². The number of ether oxygens (including phenoxy) is 1. The van der Waals surface area contributed by atoms with Crippen LogP contribution in [0.15, 0.2) is 47.4 Å². The number of carbonyl (C=O) groups excluding carboxylic acids is 1. The van der Waals surface area contributed by atoms with E-state index >= 15 is 0 Å². The quantitative estimate of drug-likeness (QED) is 0.246. The summed E-state index contributed by atoms with van der Waals surface area (Å²) in [5.74, 6) is -1.11. The van der Waals surface area contributed by atoms with Gasteiger partial charge in [-0.15, -0.1) is 0 Å². The van der Waals surface area contributed by atoms with Crippen LogP contribution < -0.4 is 10.0 Å². The van der Waals surface area contributed by atoms with E-state index in [9.17, 15) is 34.6 Å². The fraction of sp³-hybridized carbons (Fsp3) is 0.211. The van der Waals surface area contributed by atoms with Gasteiger partial charge in [-0.3, -0.25) is 18.6 Å². The molecule has 1 amide bonds. The second-order valence-electron chi connectivity index (χ2n) is 7.14. The van der Waals surface area contributed by atoms with E-state index in [-0.39, 0.29) is 16.9 Å². The van der Waals surface area contributed by atoms with Crippen LogP contribution in [0.5, 0.6) is 0 Å². The minimum atomic E-state index is -4.77. The van der Waals surface area contributed by atoms with Crippen molar-refractivity contribution < 1.29 is 43.9 Å². The summed E-state index contributed by atoms with van der Waals surface area (Å²) >= 11 is 0. The highest BCUT2D eigenvalue weighted by molar-refractivity contribution is 7.90. The molecule has 0 radical (unpaired) electrons. The van der Waals surface area contributed by atoms with Gasteiger partial charge in [0.2, 0.25) is 0 Å². The van der Waals surface area contributed by atoms with Crippen molar-refractivity contribution in [3.63, 3.8) is 0 Å². The molecule has 0 aliphatic carbocycles. The van der Waals surface area contributed by atoms with Crippen molar-refractivity contribution in [3.8, 4) is 0 Å². The summed E-state index contributed by atoms with van der Waals surface area (Å²) in [5, 5.41) is 2.26. The molecule has 0 fully saturated rings. The number of rotatable bonds is 10. The molecular formula is C19H23N3O10S3. The Hall–Kier alpha value is -2.86. The molecule has 13 nitrogen and oxygen atoms in total. The molecule has 0 heterocycles. The fourth-order valence-electron chi connectivity index (χ4n) is 2.63. The summed E-state index contributed by atoms with van der Waals surface area (Å²) in [5.41, 5.74) is -1.41. The molecule has 0 bridgehead atoms. The van der Waals surface area contributed by atoms with Gasteiger partial charge in [0.15, 0.2) is 0 Å². The van der Waals surface area contributed by atoms with Crippen molar-refractivity contribution in [1.29, 1.82) is 0 Å². The summed E-state index contributed by atoms with van der Waals surface area (Å²) < 4.78 is 96.0. The number of hydrogen-bond donors (Lipinski definition) is 4. The highest BCUT2D eigenvalue weighted by Crippen LogP contribution is 2.24. The lowest BCUT2D eigenvalue weighted by atomic mass is 10.1. The van der Waals surface area contributed by atoms with Crippen LogP contribution in [-0.2, 0) is 40.0 Å². The second-order valence-corrected chi connectivity index (χ2v) is 11.9. The van der Waals surface area contributed by atoms with Gasteiger partial charge >= 0.3 is 20.3 Å². The lowest BCUT2D eigenvalue weighted by Gasteiger charge is -2.14. The van der Waals surface area contributed by atoms with Crippen molar-refractivity contribution in [1.82, 2.24) is 4.31 Å². The molecule has 1 atom stereocenters. The Morgan fingerprint density at radius 3 is 2.00 bits per heavy atom. The SMILES string of the molecule is COC(C(=O)Nc1ccc(/C=C/c2ccc(NS(=O)(=O)N(C)C)cc2S(=O)(=O)O)cc1)S(=O)(=O)O. The van der Waals surface area contributed by atoms with Gasteiger partial charge in [0.05, 0.1) is 5.69 Å². The zero-order valence-corrected chi connectivity index (χ0v) is 21.1. The molecule has 0 aromatic heterocycles. The smallest absolute Gasteiger partial charge is 0.301 e. The zero-order chi connectivity index (χ0) is 26.6. The zero-order valence-electron chi connectivity index (χ0n) is 18.6. The summed E-state index contributed by atoms with van der Waals surface area (Å²) in [4.78, 5) is 11.4. The number of nitrogens with one attached hydrogen (secondary N) is 2. The molecule has 4 N–H and O–H groups in total. The summed E-state index contributed by atoms with van der Waals surface area (Å²) in [6.07, 6.45) is 2.84. The molecule has 192 valence electrons. The summed E-state index contributed by atoms with van der Waals surface area (Å²) in [7, 11) is -9.88. The van der Waals surface area contributed by atoms with Crippen LogP contribution in [0.4, 0.5) is 11.4 Å². The Morgan fingerprint density at radius 2 is 1.51 bits per heavy atom. The van der Waals surface area contributed by atoms with Gasteiger partial charge in [0.1, 0.15) is 4.90 Å². The minimum Gasteiger partial charge on any atom is -0.355 e. The van der Waals surface area contributed by atoms with Gasteiger partial charge < -0.3 is 10.1 Å². The van der Waals surface area contributed by atoms with Crippen molar-refractivity contribution in [2.75, 3.05) is 31.2 Å². The normalized spacial score (nSPS) is 13.7. The number of hydrogen-bond acceptors (Lipinski definition) is 8. The third-order valence-corrected chi connectivity index (χ3v) is 7.66. The fourth-order valence-corrected chi connectivity index (χ4v) is 4.52. The molecule has 0 saturated carbocycles. The largest absolute Gasteiger partial charge is 0.355 e. The third kappa shape index (κ3) is 7.82. The van der Waals surface area contributed by atoms with E-state index in [4.69, 9.17) is 4.55 Å². The molecule has 2 aromatic rings. The summed E-state index contributed by atoms with van der Waals surface area (Å²) in [6.45, 7) is 0. The van der Waals surface area contributed by atoms with Crippen molar-refractivity contribution in [3.05, 3.63) is 53.6 Å². The molecular weight excluding hydrogens is 526 g/mol. The topological polar surface area (TPSA) is 196 Å². The molecule has 2 aromatic carbocycles. The van der Waals surface area contributed by atoms with Gasteiger partial charge in [0.25, 0.3) is 21.5 Å². The Labute approximate surface area is 203 Å². The third-order valence-electron chi connectivity index (χ3n) is 4.35. The molecule has 0 saturated heterocycles. The summed E-state index contributed by atoms with van der Waals surface area (Å²) in [6, 6.07) is 9.42. The minimum absolute atomic E-state index is 0.0637. The first-order valence-electron chi connectivity index (χ1n) is 9.44. The number of benzene rings is 2. The molecule has 1 unspecified atom stereocenters. The standard InChI is InChI=1S/C19H23N3O10S3/c1-22(2)35(30,31)21-16-11-8-14(17(12-16)33(24,25)26)7-4-13-5-9-15(10-6-13)20-18(23)19(32-3)34(27,28)29/h4-12,19,21H,1-3H3,(H,20,23)(H,24,25,26)(H,27,28,29)/b7-4+. The lowest BCUT2D eigenvalue weighted by Crippen LogP contribution is -2.36. The first-order chi connectivity index (χ1) is 16.0. The van der Waals surface area contributed by atoms with Crippen LogP contribution in [0.25, 0.3) is 12.2 Å². The van der Waals surface area contributed by atoms with Crippen LogP contribution in [0, 0.1) is 0 Å². The monoisotopic (exact) mass is 549 g/mol. The van der Waals surface area contributed by atoms with Gasteiger partial charge in [-0.2, -0.15) is 29.6 Å². The first kappa shape index (κ1) is 28.4. The molecule has 0 spiro atoms. The Bertz CT molecular complexity index is 1430. The van der Waals surface area contributed by atoms with Gasteiger partial charge in [-0.1, -0.05) is 30.4 Å². The second kappa shape index (κ2) is 10.8. The Balaban J connectivity index is 2.27. The molecule has 16 heteroatoms. The van der Waals surface area contributed by atoms with Crippen LogP contribution in [0.3, 0.4) is 0 Å². The van der Waals surface area contributed by atoms with E-state index in [1.807, 2.05) is 0 Å². The average molecular weight is 550 g/mol. The van der Waals surface area contributed by atoms with E-state index in [2.05, 4.69) is 14.8 Å². The highest BCUT2D eigenvalue weighted by Gasteiger charge is 2.30. The van der Waals surface area contributed by atoms with E-state index in [0.717, 1.165) is 17.5 Å². The number of anilines is 2. The number of nitrogens with zero attached hydrogens (tertiary/aromatic N) is 1. The number of carbonyl (C=O) groups is 1. The predicted molar refractivity (Wildman–Crippen MR) is 129 cm³/mol. The number of methoxy groups -OCH3 is 1. The highest BCUT2D eigenvalue weighted by atomic mass is 32.2. The van der Waals surface area contributed by atoms with E-state index in [1.165, 1.54) is 62.6 Å². The van der Waals surface area contributed by atoms with Crippen LogP contribution in [0.1, 0.15) is 11.1 Å².